The predicted octanol–water partition coefficient (Wildman–Crippen LogP) is 1.89. The van der Waals surface area contributed by atoms with Crippen LogP contribution < -0.4 is 5.32 Å². The first-order valence-corrected chi connectivity index (χ1v) is 7.57. The Morgan fingerprint density at radius 2 is 2.11 bits per heavy atom. The molecule has 100 valence electrons. The quantitative estimate of drug-likeness (QED) is 0.618. The Kier molecular flexibility index (Phi) is 4.10. The van der Waals surface area contributed by atoms with Crippen molar-refractivity contribution in [2.45, 2.75) is 30.6 Å². The molecule has 1 aromatic carbocycles. The molecule has 5 nitrogen and oxygen atoms in total. The molecule has 1 aliphatic carbocycles. The lowest BCUT2D eigenvalue weighted by molar-refractivity contribution is 0.565. The molecule has 1 fully saturated rings. The van der Waals surface area contributed by atoms with Crippen LogP contribution in [0, 0.1) is 0 Å². The number of hydrogen-bond donors (Lipinski definition) is 1. The van der Waals surface area contributed by atoms with Gasteiger partial charge in [-0.25, -0.2) is 4.68 Å². The van der Waals surface area contributed by atoms with Crippen molar-refractivity contribution in [2.75, 3.05) is 12.3 Å². The summed E-state index contributed by atoms with van der Waals surface area (Å²) < 4.78 is 1.96. The second kappa shape index (κ2) is 6.16. The number of tetrazole rings is 1. The van der Waals surface area contributed by atoms with Gasteiger partial charge in [-0.1, -0.05) is 42.1 Å². The molecule has 0 bridgehead atoms. The van der Waals surface area contributed by atoms with Crippen molar-refractivity contribution in [1.29, 1.82) is 0 Å². The van der Waals surface area contributed by atoms with Gasteiger partial charge in [-0.05, 0) is 28.8 Å². The van der Waals surface area contributed by atoms with Crippen LogP contribution in [0.15, 0.2) is 35.5 Å². The minimum Gasteiger partial charge on any atom is -0.312 e. The number of hydrogen-bond acceptors (Lipinski definition) is 5. The van der Waals surface area contributed by atoms with E-state index in [2.05, 4.69) is 45.1 Å². The minimum atomic E-state index is 0.551. The normalized spacial score (nSPS) is 14.7. The lowest BCUT2D eigenvalue weighted by atomic mass is 10.2. The highest BCUT2D eigenvalue weighted by atomic mass is 32.2. The molecule has 2 aromatic rings. The summed E-state index contributed by atoms with van der Waals surface area (Å²) in [6.45, 7) is 1.87. The van der Waals surface area contributed by atoms with E-state index in [9.17, 15) is 0 Å². The lowest BCUT2D eigenvalue weighted by Crippen LogP contribution is -2.16. The summed E-state index contributed by atoms with van der Waals surface area (Å²) >= 11 is 1.72. The van der Waals surface area contributed by atoms with Crippen molar-refractivity contribution >= 4 is 11.8 Å². The summed E-state index contributed by atoms with van der Waals surface area (Å²) in [5.41, 5.74) is 1.32. The van der Waals surface area contributed by atoms with Crippen molar-refractivity contribution in [1.82, 2.24) is 25.5 Å². The topological polar surface area (TPSA) is 55.6 Å². The first-order valence-electron chi connectivity index (χ1n) is 6.59. The summed E-state index contributed by atoms with van der Waals surface area (Å²) in [5.74, 6) is 0.986. The van der Waals surface area contributed by atoms with Crippen molar-refractivity contribution in [3.05, 3.63) is 35.9 Å². The number of nitrogens with zero attached hydrogens (tertiary/aromatic N) is 4. The molecule has 3 rings (SSSR count). The smallest absolute Gasteiger partial charge is 0.209 e. The molecule has 19 heavy (non-hydrogen) atoms. The van der Waals surface area contributed by atoms with E-state index >= 15 is 0 Å². The fourth-order valence-electron chi connectivity index (χ4n) is 1.87. The molecule has 0 unspecified atom stereocenters. The highest BCUT2D eigenvalue weighted by Gasteiger charge is 2.27. The Hall–Kier alpha value is -1.40. The summed E-state index contributed by atoms with van der Waals surface area (Å²) in [5, 5.41) is 16.2. The molecule has 6 heteroatoms. The molecule has 0 radical (unpaired) electrons. The van der Waals surface area contributed by atoms with Gasteiger partial charge >= 0.3 is 0 Å². The summed E-state index contributed by atoms with van der Waals surface area (Å²) in [6.07, 6.45) is 2.43. The molecule has 0 aliphatic heterocycles. The van der Waals surface area contributed by atoms with Crippen molar-refractivity contribution < 1.29 is 0 Å². The van der Waals surface area contributed by atoms with E-state index in [0.717, 1.165) is 24.0 Å². The van der Waals surface area contributed by atoms with Crippen LogP contribution in [-0.4, -0.2) is 32.5 Å². The van der Waals surface area contributed by atoms with Crippen molar-refractivity contribution in [3.63, 3.8) is 0 Å². The highest BCUT2D eigenvalue weighted by molar-refractivity contribution is 7.99. The standard InChI is InChI=1S/C13H17N5S/c1-2-4-11(5-3-1)10-14-8-9-19-13-15-16-17-18(13)12-6-7-12/h1-5,12,14H,6-10H2. The van der Waals surface area contributed by atoms with Gasteiger partial charge in [-0.3, -0.25) is 0 Å². The third-order valence-electron chi connectivity index (χ3n) is 3.04. The van der Waals surface area contributed by atoms with Crippen LogP contribution in [0.4, 0.5) is 0 Å². The zero-order valence-electron chi connectivity index (χ0n) is 10.7. The zero-order chi connectivity index (χ0) is 12.9. The van der Waals surface area contributed by atoms with Gasteiger partial charge in [-0.2, -0.15) is 0 Å². The van der Waals surface area contributed by atoms with E-state index in [0.29, 0.717) is 6.04 Å². The molecule has 0 saturated heterocycles. The first-order chi connectivity index (χ1) is 9.43. The maximum Gasteiger partial charge on any atom is 0.209 e. The summed E-state index contributed by atoms with van der Waals surface area (Å²) in [4.78, 5) is 0. The summed E-state index contributed by atoms with van der Waals surface area (Å²) in [7, 11) is 0. The Labute approximate surface area is 116 Å². The Bertz CT molecular complexity index is 509. The molecule has 0 atom stereocenters. The van der Waals surface area contributed by atoms with Crippen molar-refractivity contribution in [2.24, 2.45) is 0 Å². The average Bonchev–Trinajstić information content (AvgIpc) is 3.19. The van der Waals surface area contributed by atoms with Crippen LogP contribution in [0.25, 0.3) is 0 Å². The van der Waals surface area contributed by atoms with Gasteiger partial charge in [0.2, 0.25) is 5.16 Å². The molecule has 1 aliphatic rings. The largest absolute Gasteiger partial charge is 0.312 e. The highest BCUT2D eigenvalue weighted by Crippen LogP contribution is 2.36. The number of nitrogens with one attached hydrogen (secondary N) is 1. The molecule has 1 aromatic heterocycles. The molecular formula is C13H17N5S. The van der Waals surface area contributed by atoms with E-state index in [1.165, 1.54) is 18.4 Å². The molecule has 0 spiro atoms. The van der Waals surface area contributed by atoms with Crippen LogP contribution >= 0.6 is 11.8 Å². The number of rotatable bonds is 7. The summed E-state index contributed by atoms with van der Waals surface area (Å²) in [6, 6.07) is 11.0. The zero-order valence-corrected chi connectivity index (χ0v) is 11.5. The van der Waals surface area contributed by atoms with Crippen LogP contribution in [0.3, 0.4) is 0 Å². The van der Waals surface area contributed by atoms with E-state index in [-0.39, 0.29) is 0 Å². The number of aromatic nitrogens is 4. The van der Waals surface area contributed by atoms with E-state index in [4.69, 9.17) is 0 Å². The second-order valence-electron chi connectivity index (χ2n) is 4.65. The lowest BCUT2D eigenvalue weighted by Gasteiger charge is -2.05. The molecule has 1 saturated carbocycles. The number of thioether (sulfide) groups is 1. The maximum absolute atomic E-state index is 4.07. The number of benzene rings is 1. The van der Waals surface area contributed by atoms with Gasteiger partial charge < -0.3 is 5.32 Å². The fraction of sp³-hybridized carbons (Fsp3) is 0.462. The van der Waals surface area contributed by atoms with Gasteiger partial charge in [0.05, 0.1) is 6.04 Å². The third kappa shape index (κ3) is 3.54. The van der Waals surface area contributed by atoms with Crippen LogP contribution in [0.1, 0.15) is 24.4 Å². The Balaban J connectivity index is 1.38. The van der Waals surface area contributed by atoms with Crippen LogP contribution in [0.2, 0.25) is 0 Å². The van der Waals surface area contributed by atoms with Crippen LogP contribution in [-0.2, 0) is 6.54 Å². The van der Waals surface area contributed by atoms with Gasteiger partial charge in [0.1, 0.15) is 0 Å². The molecule has 1 heterocycles. The predicted molar refractivity (Wildman–Crippen MR) is 75.0 cm³/mol. The minimum absolute atomic E-state index is 0.551. The monoisotopic (exact) mass is 275 g/mol. The van der Waals surface area contributed by atoms with E-state index < -0.39 is 0 Å². The van der Waals surface area contributed by atoms with Crippen LogP contribution in [0.5, 0.6) is 0 Å². The molecule has 1 N–H and O–H groups in total. The van der Waals surface area contributed by atoms with E-state index in [1.54, 1.807) is 11.8 Å². The van der Waals surface area contributed by atoms with Gasteiger partial charge in [0.25, 0.3) is 0 Å². The SMILES string of the molecule is c1ccc(CNCCSc2nnnn2C2CC2)cc1. The molecular weight excluding hydrogens is 258 g/mol. The van der Waals surface area contributed by atoms with Gasteiger partial charge in [-0.15, -0.1) is 5.10 Å². The van der Waals surface area contributed by atoms with Gasteiger partial charge in [0, 0.05) is 18.8 Å². The second-order valence-corrected chi connectivity index (χ2v) is 5.71. The first kappa shape index (κ1) is 12.6. The Morgan fingerprint density at radius 1 is 1.26 bits per heavy atom. The molecule has 0 amide bonds. The Morgan fingerprint density at radius 3 is 2.89 bits per heavy atom. The maximum atomic E-state index is 4.07. The fourth-order valence-corrected chi connectivity index (χ4v) is 2.71. The third-order valence-corrected chi connectivity index (χ3v) is 3.97. The van der Waals surface area contributed by atoms with Crippen molar-refractivity contribution in [3.8, 4) is 0 Å². The average molecular weight is 275 g/mol. The van der Waals surface area contributed by atoms with Gasteiger partial charge in [0.15, 0.2) is 0 Å². The van der Waals surface area contributed by atoms with E-state index in [1.807, 2.05) is 10.7 Å².